The van der Waals surface area contributed by atoms with Crippen LogP contribution in [0.15, 0.2) is 29.3 Å². The van der Waals surface area contributed by atoms with Gasteiger partial charge in [0, 0.05) is 24.0 Å². The largest absolute Gasteiger partial charge is 0.390 e. The van der Waals surface area contributed by atoms with Crippen LogP contribution >= 0.6 is 0 Å². The Morgan fingerprint density at radius 1 is 1.15 bits per heavy atom. The van der Waals surface area contributed by atoms with Crippen LogP contribution in [0.2, 0.25) is 0 Å². The summed E-state index contributed by atoms with van der Waals surface area (Å²) in [5.41, 5.74) is -0.199. The Bertz CT molecular complexity index is 720. The zero-order valence-corrected chi connectivity index (χ0v) is 10.6. The number of nitrogens with one attached hydrogen (secondary N) is 2. The van der Waals surface area contributed by atoms with E-state index in [-0.39, 0.29) is 10.6 Å². The van der Waals surface area contributed by atoms with E-state index in [1.54, 1.807) is 0 Å². The van der Waals surface area contributed by atoms with E-state index in [0.717, 1.165) is 12.3 Å². The van der Waals surface area contributed by atoms with Crippen LogP contribution in [0.25, 0.3) is 0 Å². The van der Waals surface area contributed by atoms with Crippen molar-refractivity contribution in [1.82, 2.24) is 4.98 Å². The number of aliphatic hydroxyl groups excluding tert-OH is 1. The van der Waals surface area contributed by atoms with Crippen molar-refractivity contribution in [2.24, 2.45) is 0 Å². The van der Waals surface area contributed by atoms with E-state index in [0.29, 0.717) is 12.1 Å². The first kappa shape index (κ1) is 14.4. The maximum Gasteiger partial charge on any atom is 0.263 e. The summed E-state index contributed by atoms with van der Waals surface area (Å²) in [7, 11) is -4.10. The molecule has 0 radical (unpaired) electrons. The number of H-pyrrole nitrogens is 1. The van der Waals surface area contributed by atoms with Gasteiger partial charge in [0.25, 0.3) is 10.0 Å². The van der Waals surface area contributed by atoms with E-state index < -0.39 is 39.8 Å². The third-order valence-corrected chi connectivity index (χ3v) is 3.79. The predicted molar refractivity (Wildman–Crippen MR) is 63.8 cm³/mol. The molecular weight excluding hydrogens is 297 g/mol. The molecule has 0 aliphatic heterocycles. The maximum absolute atomic E-state index is 13.0. The van der Waals surface area contributed by atoms with Gasteiger partial charge in [0.05, 0.1) is 12.3 Å². The second-order valence-corrected chi connectivity index (χ2v) is 5.56. The van der Waals surface area contributed by atoms with E-state index >= 15 is 0 Å². The van der Waals surface area contributed by atoms with Crippen LogP contribution < -0.4 is 4.72 Å². The van der Waals surface area contributed by atoms with Gasteiger partial charge in [0.1, 0.15) is 4.90 Å². The van der Waals surface area contributed by atoms with E-state index in [9.17, 15) is 21.6 Å². The van der Waals surface area contributed by atoms with Crippen LogP contribution in [-0.4, -0.2) is 18.5 Å². The Kier molecular flexibility index (Phi) is 3.73. The molecule has 0 spiro atoms. The van der Waals surface area contributed by atoms with Crippen molar-refractivity contribution in [2.45, 2.75) is 11.5 Å². The number of aromatic nitrogens is 1. The molecule has 2 rings (SSSR count). The minimum Gasteiger partial charge on any atom is -0.390 e. The lowest BCUT2D eigenvalue weighted by Crippen LogP contribution is -2.13. The van der Waals surface area contributed by atoms with Crippen LogP contribution in [-0.2, 0) is 16.6 Å². The highest BCUT2D eigenvalue weighted by atomic mass is 32.2. The third kappa shape index (κ3) is 2.78. The van der Waals surface area contributed by atoms with Gasteiger partial charge in [-0.25, -0.2) is 21.6 Å². The highest BCUT2D eigenvalue weighted by molar-refractivity contribution is 7.92. The van der Waals surface area contributed by atoms with Crippen LogP contribution in [0.3, 0.4) is 0 Å². The Morgan fingerprint density at radius 2 is 1.75 bits per heavy atom. The summed E-state index contributed by atoms with van der Waals surface area (Å²) in [5, 5.41) is 8.82. The van der Waals surface area contributed by atoms with E-state index in [1.165, 1.54) is 0 Å². The van der Waals surface area contributed by atoms with Gasteiger partial charge in [0.15, 0.2) is 17.5 Å². The number of aliphatic hydroxyl groups is 1. The number of sulfonamides is 1. The molecular formula is C11H9F3N2O3S. The molecule has 0 amide bonds. The van der Waals surface area contributed by atoms with Crippen LogP contribution in [0.4, 0.5) is 18.9 Å². The Balaban J connectivity index is 2.33. The van der Waals surface area contributed by atoms with Gasteiger partial charge in [-0.1, -0.05) is 0 Å². The molecule has 0 aliphatic carbocycles. The summed E-state index contributed by atoms with van der Waals surface area (Å²) in [6, 6.07) is 2.20. The minimum atomic E-state index is -4.10. The van der Waals surface area contributed by atoms with E-state index in [4.69, 9.17) is 5.11 Å². The molecule has 3 N–H and O–H groups in total. The zero-order chi connectivity index (χ0) is 14.9. The van der Waals surface area contributed by atoms with Crippen molar-refractivity contribution < 1.29 is 26.7 Å². The maximum atomic E-state index is 13.0. The second-order valence-electron chi connectivity index (χ2n) is 3.88. The molecule has 9 heteroatoms. The molecule has 0 fully saturated rings. The van der Waals surface area contributed by atoms with Crippen molar-refractivity contribution in [3.8, 4) is 0 Å². The summed E-state index contributed by atoms with van der Waals surface area (Å²) in [6.45, 7) is -0.394. The highest BCUT2D eigenvalue weighted by Crippen LogP contribution is 2.21. The van der Waals surface area contributed by atoms with Crippen molar-refractivity contribution in [1.29, 1.82) is 0 Å². The molecule has 1 heterocycles. The SMILES string of the molecule is O=S(=O)(Nc1cc(F)c(F)c(F)c1)c1c[nH]c(CO)c1. The van der Waals surface area contributed by atoms with Crippen molar-refractivity contribution in [3.05, 3.63) is 47.5 Å². The van der Waals surface area contributed by atoms with Crippen LogP contribution in [0.5, 0.6) is 0 Å². The van der Waals surface area contributed by atoms with Gasteiger partial charge in [-0.2, -0.15) is 0 Å². The lowest BCUT2D eigenvalue weighted by atomic mass is 10.3. The molecule has 0 atom stereocenters. The normalized spacial score (nSPS) is 11.6. The molecule has 108 valence electrons. The Morgan fingerprint density at radius 3 is 2.25 bits per heavy atom. The molecule has 0 bridgehead atoms. The summed E-state index contributed by atoms with van der Waals surface area (Å²) < 4.78 is 64.4. The van der Waals surface area contributed by atoms with Gasteiger partial charge in [-0.05, 0) is 6.07 Å². The first-order valence-corrected chi connectivity index (χ1v) is 6.77. The molecule has 0 aliphatic rings. The fourth-order valence-electron chi connectivity index (χ4n) is 1.49. The van der Waals surface area contributed by atoms with Gasteiger partial charge in [-0.3, -0.25) is 4.72 Å². The highest BCUT2D eigenvalue weighted by Gasteiger charge is 2.18. The van der Waals surface area contributed by atoms with Gasteiger partial charge >= 0.3 is 0 Å². The average molecular weight is 306 g/mol. The zero-order valence-electron chi connectivity index (χ0n) is 9.82. The average Bonchev–Trinajstić information content (AvgIpc) is 2.85. The van der Waals surface area contributed by atoms with Crippen molar-refractivity contribution >= 4 is 15.7 Å². The first-order chi connectivity index (χ1) is 9.33. The molecule has 5 nitrogen and oxygen atoms in total. The number of halogens is 3. The molecule has 0 unspecified atom stereocenters. The quantitative estimate of drug-likeness (QED) is 0.752. The summed E-state index contributed by atoms with van der Waals surface area (Å²) in [5.74, 6) is -4.70. The number of benzene rings is 1. The predicted octanol–water partition coefficient (Wildman–Crippen LogP) is 1.73. The number of hydrogen-bond donors (Lipinski definition) is 3. The van der Waals surface area contributed by atoms with Gasteiger partial charge in [-0.15, -0.1) is 0 Å². The van der Waals surface area contributed by atoms with Crippen LogP contribution in [0, 0.1) is 17.5 Å². The van der Waals surface area contributed by atoms with E-state index in [1.807, 2.05) is 4.72 Å². The topological polar surface area (TPSA) is 82.2 Å². The lowest BCUT2D eigenvalue weighted by Gasteiger charge is -2.07. The van der Waals surface area contributed by atoms with Crippen molar-refractivity contribution in [2.75, 3.05) is 4.72 Å². The summed E-state index contributed by atoms with van der Waals surface area (Å²) in [4.78, 5) is 2.27. The van der Waals surface area contributed by atoms with Gasteiger partial charge < -0.3 is 10.1 Å². The van der Waals surface area contributed by atoms with E-state index in [2.05, 4.69) is 4.98 Å². The Labute approximate surface area is 112 Å². The second kappa shape index (κ2) is 5.17. The number of hydrogen-bond acceptors (Lipinski definition) is 3. The number of rotatable bonds is 4. The summed E-state index contributed by atoms with van der Waals surface area (Å²) in [6.07, 6.45) is 1.10. The molecule has 2 aromatic rings. The molecule has 0 saturated carbocycles. The summed E-state index contributed by atoms with van der Waals surface area (Å²) >= 11 is 0. The molecule has 0 saturated heterocycles. The first-order valence-electron chi connectivity index (χ1n) is 5.29. The smallest absolute Gasteiger partial charge is 0.263 e. The third-order valence-electron chi connectivity index (χ3n) is 2.43. The monoisotopic (exact) mass is 306 g/mol. The molecule has 1 aromatic heterocycles. The minimum absolute atomic E-state index is 0.230. The molecule has 20 heavy (non-hydrogen) atoms. The Hall–Kier alpha value is -2.00. The fourth-order valence-corrected chi connectivity index (χ4v) is 2.55. The lowest BCUT2D eigenvalue weighted by molar-refractivity contribution is 0.277. The molecule has 1 aromatic carbocycles. The standard InChI is InChI=1S/C11H9F3N2O3S/c12-9-2-6(3-10(13)11(9)14)16-20(18,19)8-1-7(5-17)15-4-8/h1-4,15-17H,5H2. The van der Waals surface area contributed by atoms with Crippen LogP contribution in [0.1, 0.15) is 5.69 Å². The number of aromatic amines is 1. The number of anilines is 1. The van der Waals surface area contributed by atoms with Gasteiger partial charge in [0.2, 0.25) is 0 Å². The van der Waals surface area contributed by atoms with Crippen molar-refractivity contribution in [3.63, 3.8) is 0 Å². The fraction of sp³-hybridized carbons (Fsp3) is 0.0909.